The molecule has 1 aliphatic heterocycles. The Labute approximate surface area is 118 Å². The number of hydrogen-bond acceptors (Lipinski definition) is 4. The van der Waals surface area contributed by atoms with Crippen LogP contribution in [-0.4, -0.2) is 42.0 Å². The van der Waals surface area contributed by atoms with Crippen molar-refractivity contribution >= 4 is 29.7 Å². The van der Waals surface area contributed by atoms with Crippen LogP contribution in [0.2, 0.25) is 0 Å². The predicted molar refractivity (Wildman–Crippen MR) is 76.5 cm³/mol. The van der Waals surface area contributed by atoms with Crippen LogP contribution in [0.15, 0.2) is 6.20 Å². The third kappa shape index (κ3) is 3.93. The highest BCUT2D eigenvalue weighted by Gasteiger charge is 2.24. The molecule has 18 heavy (non-hydrogen) atoms. The lowest BCUT2D eigenvalue weighted by Crippen LogP contribution is -2.42. The summed E-state index contributed by atoms with van der Waals surface area (Å²) in [6, 6.07) is 0.0398. The number of rotatable bonds is 4. The zero-order chi connectivity index (χ0) is 12.3. The maximum atomic E-state index is 12.0. The molecule has 0 saturated carbocycles. The van der Waals surface area contributed by atoms with Crippen molar-refractivity contribution in [3.63, 3.8) is 0 Å². The van der Waals surface area contributed by atoms with Gasteiger partial charge in [-0.25, -0.2) is 4.98 Å². The Bertz CT molecular complexity index is 390. The molecule has 1 aromatic heterocycles. The van der Waals surface area contributed by atoms with Crippen molar-refractivity contribution in [2.45, 2.75) is 32.2 Å². The molecule has 4 nitrogen and oxygen atoms in total. The zero-order valence-electron chi connectivity index (χ0n) is 10.8. The summed E-state index contributed by atoms with van der Waals surface area (Å²) in [5.41, 5.74) is 0. The third-order valence-electron chi connectivity index (χ3n) is 3.06. The molecule has 2 heterocycles. The van der Waals surface area contributed by atoms with Crippen LogP contribution in [0.5, 0.6) is 0 Å². The summed E-state index contributed by atoms with van der Waals surface area (Å²) in [7, 11) is 1.88. The van der Waals surface area contributed by atoms with Gasteiger partial charge < -0.3 is 10.2 Å². The fourth-order valence-corrected chi connectivity index (χ4v) is 2.83. The highest BCUT2D eigenvalue weighted by molar-refractivity contribution is 7.11. The van der Waals surface area contributed by atoms with Crippen molar-refractivity contribution in [2.75, 3.05) is 20.1 Å². The van der Waals surface area contributed by atoms with Gasteiger partial charge >= 0.3 is 0 Å². The average Bonchev–Trinajstić information content (AvgIpc) is 2.95. The van der Waals surface area contributed by atoms with E-state index in [0.717, 1.165) is 37.4 Å². The third-order valence-corrected chi connectivity index (χ3v) is 4.04. The summed E-state index contributed by atoms with van der Waals surface area (Å²) in [6.45, 7) is 3.78. The molecule has 1 aromatic rings. The second-order valence-corrected chi connectivity index (χ2v) is 5.84. The number of hydrogen-bond donors (Lipinski definition) is 1. The Morgan fingerprint density at radius 3 is 3.00 bits per heavy atom. The molecule has 102 valence electrons. The number of nitrogens with zero attached hydrogens (tertiary/aromatic N) is 2. The van der Waals surface area contributed by atoms with Crippen LogP contribution in [0, 0.1) is 6.92 Å². The number of halogens is 1. The summed E-state index contributed by atoms with van der Waals surface area (Å²) < 4.78 is 0. The van der Waals surface area contributed by atoms with Crippen LogP contribution < -0.4 is 5.32 Å². The van der Waals surface area contributed by atoms with Gasteiger partial charge in [-0.05, 0) is 26.3 Å². The van der Waals surface area contributed by atoms with Crippen LogP contribution in [0.4, 0.5) is 0 Å². The lowest BCUT2D eigenvalue weighted by Gasteiger charge is -2.20. The topological polar surface area (TPSA) is 45.2 Å². The van der Waals surface area contributed by atoms with Crippen molar-refractivity contribution in [3.05, 3.63) is 16.1 Å². The number of aromatic nitrogens is 1. The fourth-order valence-electron chi connectivity index (χ4n) is 2.05. The summed E-state index contributed by atoms with van der Waals surface area (Å²) >= 11 is 1.71. The van der Waals surface area contributed by atoms with Gasteiger partial charge in [0.25, 0.3) is 0 Å². The van der Waals surface area contributed by atoms with E-state index in [4.69, 9.17) is 0 Å². The van der Waals surface area contributed by atoms with Crippen LogP contribution in [0.25, 0.3) is 0 Å². The molecule has 1 saturated heterocycles. The van der Waals surface area contributed by atoms with Crippen molar-refractivity contribution in [3.8, 4) is 0 Å². The monoisotopic (exact) mass is 289 g/mol. The number of nitrogens with one attached hydrogen (secondary N) is 1. The van der Waals surface area contributed by atoms with E-state index in [-0.39, 0.29) is 24.4 Å². The van der Waals surface area contributed by atoms with Gasteiger partial charge in [-0.3, -0.25) is 4.79 Å². The van der Waals surface area contributed by atoms with Crippen LogP contribution >= 0.6 is 23.7 Å². The Kier molecular flexibility index (Phi) is 6.05. The highest BCUT2D eigenvalue weighted by atomic mass is 35.5. The predicted octanol–water partition coefficient (Wildman–Crippen LogP) is 1.63. The second kappa shape index (κ2) is 7.07. The summed E-state index contributed by atoms with van der Waals surface area (Å²) in [4.78, 5) is 19.4. The number of amides is 1. The van der Waals surface area contributed by atoms with E-state index in [9.17, 15) is 4.79 Å². The van der Waals surface area contributed by atoms with Crippen LogP contribution in [0.1, 0.15) is 22.7 Å². The Hall–Kier alpha value is -0.650. The first-order valence-corrected chi connectivity index (χ1v) is 6.88. The first-order chi connectivity index (χ1) is 8.16. The van der Waals surface area contributed by atoms with Crippen molar-refractivity contribution in [1.29, 1.82) is 0 Å². The standard InChI is InChI=1S/C12H19N3OS.ClH/c1-9-8-14-11(17-9)5-7-15(2)12(16)10-4-3-6-13-10;/h8,10,13H,3-7H2,1-2H3;1H. The zero-order valence-corrected chi connectivity index (χ0v) is 12.4. The van der Waals surface area contributed by atoms with Gasteiger partial charge in [0.1, 0.15) is 0 Å². The number of carbonyl (C=O) groups excluding carboxylic acids is 1. The van der Waals surface area contributed by atoms with Gasteiger partial charge in [0.15, 0.2) is 0 Å². The van der Waals surface area contributed by atoms with Crippen molar-refractivity contribution in [1.82, 2.24) is 15.2 Å². The number of carbonyl (C=O) groups is 1. The molecule has 0 aromatic carbocycles. The summed E-state index contributed by atoms with van der Waals surface area (Å²) in [5, 5.41) is 4.35. The quantitative estimate of drug-likeness (QED) is 0.916. The van der Waals surface area contributed by atoms with E-state index < -0.39 is 0 Å². The van der Waals surface area contributed by atoms with Gasteiger partial charge in [-0.1, -0.05) is 0 Å². The number of aryl methyl sites for hydroxylation is 1. The molecule has 1 N–H and O–H groups in total. The first kappa shape index (κ1) is 15.4. The molecule has 1 atom stereocenters. The van der Waals surface area contributed by atoms with Crippen molar-refractivity contribution in [2.24, 2.45) is 0 Å². The highest BCUT2D eigenvalue weighted by Crippen LogP contribution is 2.13. The fraction of sp³-hybridized carbons (Fsp3) is 0.667. The maximum absolute atomic E-state index is 12.0. The van der Waals surface area contributed by atoms with Gasteiger partial charge in [0.05, 0.1) is 11.0 Å². The molecule has 1 fully saturated rings. The normalized spacial score (nSPS) is 18.4. The van der Waals surface area contributed by atoms with Gasteiger partial charge in [0, 0.05) is 31.1 Å². The van der Waals surface area contributed by atoms with E-state index in [1.165, 1.54) is 4.88 Å². The lowest BCUT2D eigenvalue weighted by atomic mass is 10.2. The smallest absolute Gasteiger partial charge is 0.239 e. The van der Waals surface area contributed by atoms with E-state index in [2.05, 4.69) is 17.2 Å². The summed E-state index contributed by atoms with van der Waals surface area (Å²) in [6.07, 6.45) is 4.82. The molecule has 0 aliphatic carbocycles. The molecule has 1 aliphatic rings. The van der Waals surface area contributed by atoms with E-state index in [0.29, 0.717) is 0 Å². The van der Waals surface area contributed by atoms with Gasteiger partial charge in [-0.2, -0.15) is 0 Å². The molecular formula is C12H20ClN3OS. The average molecular weight is 290 g/mol. The van der Waals surface area contributed by atoms with Gasteiger partial charge in [-0.15, -0.1) is 23.7 Å². The molecule has 1 amide bonds. The van der Waals surface area contributed by atoms with Crippen LogP contribution in [-0.2, 0) is 11.2 Å². The minimum absolute atomic E-state index is 0. The molecule has 0 spiro atoms. The Morgan fingerprint density at radius 2 is 2.44 bits per heavy atom. The molecule has 0 radical (unpaired) electrons. The largest absolute Gasteiger partial charge is 0.344 e. The number of likely N-dealkylation sites (N-methyl/N-ethyl adjacent to an activating group) is 1. The van der Waals surface area contributed by atoms with Crippen molar-refractivity contribution < 1.29 is 4.79 Å². The molecular weight excluding hydrogens is 270 g/mol. The molecule has 6 heteroatoms. The minimum atomic E-state index is 0. The molecule has 1 unspecified atom stereocenters. The number of thiazole rings is 1. The van der Waals surface area contributed by atoms with E-state index in [1.807, 2.05) is 18.1 Å². The van der Waals surface area contributed by atoms with Gasteiger partial charge in [0.2, 0.25) is 5.91 Å². The lowest BCUT2D eigenvalue weighted by molar-refractivity contribution is -0.131. The molecule has 0 bridgehead atoms. The second-order valence-electron chi connectivity index (χ2n) is 4.52. The Balaban J connectivity index is 0.00000162. The maximum Gasteiger partial charge on any atom is 0.239 e. The Morgan fingerprint density at radius 1 is 1.67 bits per heavy atom. The molecule has 2 rings (SSSR count). The SMILES string of the molecule is Cc1cnc(CCN(C)C(=O)C2CCCN2)s1.Cl. The first-order valence-electron chi connectivity index (χ1n) is 6.06. The van der Waals surface area contributed by atoms with E-state index >= 15 is 0 Å². The van der Waals surface area contributed by atoms with E-state index in [1.54, 1.807) is 11.3 Å². The summed E-state index contributed by atoms with van der Waals surface area (Å²) in [5.74, 6) is 0.218. The minimum Gasteiger partial charge on any atom is -0.344 e. The van der Waals surface area contributed by atoms with Crippen LogP contribution in [0.3, 0.4) is 0 Å².